The van der Waals surface area contributed by atoms with Crippen LogP contribution in [0.2, 0.25) is 5.02 Å². The Morgan fingerprint density at radius 1 is 1.08 bits per heavy atom. The molecule has 1 aliphatic heterocycles. The molecule has 0 bridgehead atoms. The van der Waals surface area contributed by atoms with Gasteiger partial charge >= 0.3 is 6.03 Å². The first-order chi connectivity index (χ1) is 12.0. The maximum atomic E-state index is 12.4. The maximum Gasteiger partial charge on any atom is 0.325 e. The van der Waals surface area contributed by atoms with Gasteiger partial charge in [-0.1, -0.05) is 54.1 Å². The number of nitrogens with zero attached hydrogens (tertiary/aromatic N) is 1. The molecule has 0 saturated carbocycles. The number of para-hydroxylation sites is 1. The number of hydrogen-bond acceptors (Lipinski definition) is 3. The zero-order valence-corrected chi connectivity index (χ0v) is 14.0. The first-order valence-electron chi connectivity index (χ1n) is 7.75. The van der Waals surface area contributed by atoms with E-state index < -0.39 is 23.9 Å². The lowest BCUT2D eigenvalue weighted by atomic mass is 10.1. The highest BCUT2D eigenvalue weighted by molar-refractivity contribution is 6.33. The Hall–Kier alpha value is -2.86. The standard InChI is InChI=1S/C18H16ClN3O3/c19-13-8-4-5-9-14(13)20-16(23)11-22-17(24)15(21-18(22)25)10-12-6-2-1-3-7-12/h1-9,15H,10-11H2,(H,20,23)(H,21,25). The van der Waals surface area contributed by atoms with Gasteiger partial charge in [0, 0.05) is 6.42 Å². The fourth-order valence-corrected chi connectivity index (χ4v) is 2.79. The van der Waals surface area contributed by atoms with Crippen molar-refractivity contribution in [1.29, 1.82) is 0 Å². The summed E-state index contributed by atoms with van der Waals surface area (Å²) in [7, 11) is 0. The summed E-state index contributed by atoms with van der Waals surface area (Å²) in [4.78, 5) is 37.5. The highest BCUT2D eigenvalue weighted by atomic mass is 35.5. The van der Waals surface area contributed by atoms with Crippen LogP contribution in [0.15, 0.2) is 54.6 Å². The monoisotopic (exact) mass is 357 g/mol. The summed E-state index contributed by atoms with van der Waals surface area (Å²) in [5.74, 6) is -0.903. The molecule has 128 valence electrons. The molecule has 4 amide bonds. The van der Waals surface area contributed by atoms with Crippen molar-refractivity contribution in [2.45, 2.75) is 12.5 Å². The molecule has 0 spiro atoms. The van der Waals surface area contributed by atoms with Crippen LogP contribution < -0.4 is 10.6 Å². The molecule has 2 aromatic rings. The van der Waals surface area contributed by atoms with Gasteiger partial charge in [-0.25, -0.2) is 4.79 Å². The normalized spacial score (nSPS) is 16.7. The van der Waals surface area contributed by atoms with E-state index in [9.17, 15) is 14.4 Å². The number of urea groups is 1. The summed E-state index contributed by atoms with van der Waals surface area (Å²) in [6, 6.07) is 14.9. The summed E-state index contributed by atoms with van der Waals surface area (Å²) in [6.07, 6.45) is 0.383. The molecule has 2 N–H and O–H groups in total. The van der Waals surface area contributed by atoms with Crippen LogP contribution in [0.5, 0.6) is 0 Å². The molecule has 1 aliphatic rings. The number of rotatable bonds is 5. The van der Waals surface area contributed by atoms with E-state index in [0.29, 0.717) is 17.1 Å². The third kappa shape index (κ3) is 3.97. The van der Waals surface area contributed by atoms with Gasteiger partial charge in [0.25, 0.3) is 5.91 Å². The predicted octanol–water partition coefficient (Wildman–Crippen LogP) is 2.44. The molecule has 6 nitrogen and oxygen atoms in total. The Labute approximate surface area is 149 Å². The van der Waals surface area contributed by atoms with E-state index in [-0.39, 0.29) is 6.54 Å². The number of halogens is 1. The number of amides is 4. The van der Waals surface area contributed by atoms with Crippen LogP contribution in [0.4, 0.5) is 10.5 Å². The Morgan fingerprint density at radius 3 is 2.48 bits per heavy atom. The van der Waals surface area contributed by atoms with Crippen molar-refractivity contribution in [1.82, 2.24) is 10.2 Å². The average Bonchev–Trinajstić information content (AvgIpc) is 2.85. The first kappa shape index (κ1) is 17.0. The summed E-state index contributed by atoms with van der Waals surface area (Å²) in [5.41, 5.74) is 1.37. The van der Waals surface area contributed by atoms with Gasteiger partial charge in [0.05, 0.1) is 10.7 Å². The van der Waals surface area contributed by atoms with E-state index in [1.54, 1.807) is 24.3 Å². The van der Waals surface area contributed by atoms with Gasteiger partial charge in [-0.05, 0) is 17.7 Å². The van der Waals surface area contributed by atoms with Crippen molar-refractivity contribution < 1.29 is 14.4 Å². The lowest BCUT2D eigenvalue weighted by Gasteiger charge is -2.13. The zero-order valence-electron chi connectivity index (χ0n) is 13.2. The lowest BCUT2D eigenvalue weighted by Crippen LogP contribution is -2.38. The number of hydrogen-bond donors (Lipinski definition) is 2. The van der Waals surface area contributed by atoms with Crippen molar-refractivity contribution >= 4 is 35.1 Å². The van der Waals surface area contributed by atoms with Crippen molar-refractivity contribution in [3.8, 4) is 0 Å². The number of imide groups is 1. The van der Waals surface area contributed by atoms with Crippen LogP contribution in [0.3, 0.4) is 0 Å². The van der Waals surface area contributed by atoms with Crippen molar-refractivity contribution in [3.05, 3.63) is 65.2 Å². The number of benzene rings is 2. The Bertz CT molecular complexity index is 810. The van der Waals surface area contributed by atoms with Gasteiger partial charge in [0.1, 0.15) is 12.6 Å². The van der Waals surface area contributed by atoms with Crippen LogP contribution in [0.25, 0.3) is 0 Å². The fraction of sp³-hybridized carbons (Fsp3) is 0.167. The highest BCUT2D eigenvalue weighted by Gasteiger charge is 2.38. The van der Waals surface area contributed by atoms with Crippen LogP contribution >= 0.6 is 11.6 Å². The van der Waals surface area contributed by atoms with Crippen LogP contribution in [-0.2, 0) is 16.0 Å². The number of carbonyl (C=O) groups excluding carboxylic acids is 3. The summed E-state index contributed by atoms with van der Waals surface area (Å²) in [6.45, 7) is -0.360. The van der Waals surface area contributed by atoms with Gasteiger partial charge in [0.2, 0.25) is 5.91 Å². The largest absolute Gasteiger partial charge is 0.325 e. The minimum Gasteiger partial charge on any atom is -0.325 e. The van der Waals surface area contributed by atoms with Gasteiger partial charge in [-0.3, -0.25) is 14.5 Å². The smallest absolute Gasteiger partial charge is 0.325 e. The molecule has 3 rings (SSSR count). The van der Waals surface area contributed by atoms with E-state index >= 15 is 0 Å². The number of carbonyl (C=O) groups is 3. The molecule has 25 heavy (non-hydrogen) atoms. The lowest BCUT2D eigenvalue weighted by molar-refractivity contribution is -0.130. The van der Waals surface area contributed by atoms with E-state index in [2.05, 4.69) is 10.6 Å². The second-order valence-corrected chi connectivity index (χ2v) is 6.05. The van der Waals surface area contributed by atoms with E-state index in [1.165, 1.54) is 0 Å². The molecular weight excluding hydrogens is 342 g/mol. The third-order valence-electron chi connectivity index (χ3n) is 3.84. The quantitative estimate of drug-likeness (QED) is 0.807. The number of anilines is 1. The van der Waals surface area contributed by atoms with E-state index in [0.717, 1.165) is 10.5 Å². The molecule has 1 heterocycles. The molecule has 1 unspecified atom stereocenters. The Balaban J connectivity index is 1.62. The molecular formula is C18H16ClN3O3. The topological polar surface area (TPSA) is 78.5 Å². The summed E-state index contributed by atoms with van der Waals surface area (Å²) < 4.78 is 0. The fourth-order valence-electron chi connectivity index (χ4n) is 2.61. The molecule has 0 aromatic heterocycles. The van der Waals surface area contributed by atoms with E-state index in [1.807, 2.05) is 30.3 Å². The molecule has 1 atom stereocenters. The molecule has 1 fully saturated rings. The molecule has 2 aromatic carbocycles. The van der Waals surface area contributed by atoms with Crippen molar-refractivity contribution in [2.75, 3.05) is 11.9 Å². The second-order valence-electron chi connectivity index (χ2n) is 5.64. The maximum absolute atomic E-state index is 12.4. The summed E-state index contributed by atoms with van der Waals surface area (Å²) in [5, 5.41) is 5.60. The number of nitrogens with one attached hydrogen (secondary N) is 2. The van der Waals surface area contributed by atoms with Crippen molar-refractivity contribution in [2.24, 2.45) is 0 Å². The van der Waals surface area contributed by atoms with E-state index in [4.69, 9.17) is 11.6 Å². The summed E-state index contributed by atoms with van der Waals surface area (Å²) >= 11 is 5.98. The zero-order chi connectivity index (χ0) is 17.8. The first-order valence-corrected chi connectivity index (χ1v) is 8.12. The van der Waals surface area contributed by atoms with Crippen LogP contribution in [-0.4, -0.2) is 35.3 Å². The Morgan fingerprint density at radius 2 is 1.76 bits per heavy atom. The Kier molecular flexibility index (Phi) is 5.00. The molecule has 0 aliphatic carbocycles. The second kappa shape index (κ2) is 7.36. The molecule has 7 heteroatoms. The van der Waals surface area contributed by atoms with Gasteiger partial charge in [-0.2, -0.15) is 0 Å². The van der Waals surface area contributed by atoms with Gasteiger partial charge in [-0.15, -0.1) is 0 Å². The minimum absolute atomic E-state index is 0.360. The molecule has 0 radical (unpaired) electrons. The van der Waals surface area contributed by atoms with Crippen molar-refractivity contribution in [3.63, 3.8) is 0 Å². The van der Waals surface area contributed by atoms with Gasteiger partial charge in [0.15, 0.2) is 0 Å². The predicted molar refractivity (Wildman–Crippen MR) is 94.3 cm³/mol. The average molecular weight is 358 g/mol. The minimum atomic E-state index is -0.664. The van der Waals surface area contributed by atoms with Crippen LogP contribution in [0, 0.1) is 0 Å². The third-order valence-corrected chi connectivity index (χ3v) is 4.17. The SMILES string of the molecule is O=C(CN1C(=O)NC(Cc2ccccc2)C1=O)Nc1ccccc1Cl. The molecule has 1 saturated heterocycles. The van der Waals surface area contributed by atoms with Gasteiger partial charge < -0.3 is 10.6 Å². The highest BCUT2D eigenvalue weighted by Crippen LogP contribution is 2.20. The van der Waals surface area contributed by atoms with Crippen LogP contribution in [0.1, 0.15) is 5.56 Å².